The number of benzene rings is 1. The first-order valence-electron chi connectivity index (χ1n) is 6.05. The summed E-state index contributed by atoms with van der Waals surface area (Å²) in [5, 5.41) is 0. The number of guanidine groups is 1. The van der Waals surface area contributed by atoms with Crippen LogP contribution in [0.15, 0.2) is 29.3 Å². The molecule has 0 unspecified atom stereocenters. The Labute approximate surface area is 112 Å². The first kappa shape index (κ1) is 13.1. The molecule has 1 aromatic rings. The van der Waals surface area contributed by atoms with E-state index in [1.54, 1.807) is 7.11 Å². The smallest absolute Gasteiger partial charge is 0.191 e. The van der Waals surface area contributed by atoms with E-state index in [2.05, 4.69) is 9.89 Å². The number of rotatable bonds is 3. The minimum atomic E-state index is 0.624. The van der Waals surface area contributed by atoms with Crippen molar-refractivity contribution in [1.82, 2.24) is 4.90 Å². The second kappa shape index (κ2) is 6.54. The van der Waals surface area contributed by atoms with Crippen LogP contribution in [0.5, 0.6) is 5.75 Å². The van der Waals surface area contributed by atoms with Gasteiger partial charge in [-0.2, -0.15) is 11.8 Å². The zero-order valence-corrected chi connectivity index (χ0v) is 11.4. The van der Waals surface area contributed by atoms with Crippen LogP contribution in [0, 0.1) is 0 Å². The summed E-state index contributed by atoms with van der Waals surface area (Å²) >= 11 is 1.97. The molecule has 1 aliphatic rings. The average Bonchev–Trinajstić information content (AvgIpc) is 2.46. The molecule has 18 heavy (non-hydrogen) atoms. The first-order chi connectivity index (χ1) is 8.79. The third-order valence-electron chi connectivity index (χ3n) is 2.92. The third kappa shape index (κ3) is 3.57. The van der Waals surface area contributed by atoms with E-state index in [1.165, 1.54) is 0 Å². The summed E-state index contributed by atoms with van der Waals surface area (Å²) in [7, 11) is 1.67. The summed E-state index contributed by atoms with van der Waals surface area (Å²) in [6.07, 6.45) is 0. The van der Waals surface area contributed by atoms with Gasteiger partial charge in [0.2, 0.25) is 0 Å². The Balaban J connectivity index is 1.91. The van der Waals surface area contributed by atoms with Crippen LogP contribution in [0.3, 0.4) is 0 Å². The van der Waals surface area contributed by atoms with Crippen molar-refractivity contribution in [3.8, 4) is 5.75 Å². The van der Waals surface area contributed by atoms with Crippen molar-refractivity contribution < 1.29 is 4.74 Å². The van der Waals surface area contributed by atoms with Gasteiger partial charge in [-0.3, -0.25) is 0 Å². The molecule has 0 radical (unpaired) electrons. The van der Waals surface area contributed by atoms with Crippen LogP contribution in [0.1, 0.15) is 5.56 Å². The van der Waals surface area contributed by atoms with Gasteiger partial charge in [0.15, 0.2) is 5.96 Å². The largest absolute Gasteiger partial charge is 0.497 e. The van der Waals surface area contributed by atoms with Gasteiger partial charge in [0.1, 0.15) is 5.75 Å². The molecule has 0 atom stereocenters. The molecular weight excluding hydrogens is 246 g/mol. The zero-order chi connectivity index (χ0) is 12.8. The Morgan fingerprint density at radius 3 is 2.61 bits per heavy atom. The van der Waals surface area contributed by atoms with Crippen LogP contribution >= 0.6 is 11.8 Å². The van der Waals surface area contributed by atoms with Crippen molar-refractivity contribution in [1.29, 1.82) is 0 Å². The normalized spacial score (nSPS) is 16.7. The van der Waals surface area contributed by atoms with E-state index in [4.69, 9.17) is 10.5 Å². The molecule has 1 fully saturated rings. The highest BCUT2D eigenvalue weighted by atomic mass is 32.2. The maximum absolute atomic E-state index is 5.99. The van der Waals surface area contributed by atoms with Gasteiger partial charge in [0, 0.05) is 24.6 Å². The number of ether oxygens (including phenoxy) is 1. The zero-order valence-electron chi connectivity index (χ0n) is 10.6. The van der Waals surface area contributed by atoms with E-state index in [9.17, 15) is 0 Å². The van der Waals surface area contributed by atoms with E-state index in [0.717, 1.165) is 35.9 Å². The lowest BCUT2D eigenvalue weighted by Crippen LogP contribution is -2.42. The molecule has 2 N–H and O–H groups in total. The molecule has 1 aliphatic heterocycles. The molecule has 0 amide bonds. The fourth-order valence-electron chi connectivity index (χ4n) is 1.80. The van der Waals surface area contributed by atoms with Crippen molar-refractivity contribution in [2.45, 2.75) is 6.54 Å². The summed E-state index contributed by atoms with van der Waals surface area (Å²) in [6, 6.07) is 7.92. The molecule has 4 nitrogen and oxygen atoms in total. The summed E-state index contributed by atoms with van der Waals surface area (Å²) in [6.45, 7) is 2.63. The van der Waals surface area contributed by atoms with Crippen molar-refractivity contribution in [3.63, 3.8) is 0 Å². The Morgan fingerprint density at radius 2 is 2.00 bits per heavy atom. The van der Waals surface area contributed by atoms with Crippen LogP contribution in [0.25, 0.3) is 0 Å². The minimum Gasteiger partial charge on any atom is -0.497 e. The van der Waals surface area contributed by atoms with Crippen LogP contribution in [0.2, 0.25) is 0 Å². The number of aliphatic imine (C=N–C) groups is 1. The lowest BCUT2D eigenvalue weighted by atomic mass is 10.2. The van der Waals surface area contributed by atoms with Gasteiger partial charge in [0.05, 0.1) is 13.7 Å². The highest BCUT2D eigenvalue weighted by Gasteiger charge is 2.11. The van der Waals surface area contributed by atoms with Gasteiger partial charge >= 0.3 is 0 Å². The van der Waals surface area contributed by atoms with Crippen molar-refractivity contribution in [2.75, 3.05) is 31.7 Å². The summed E-state index contributed by atoms with van der Waals surface area (Å²) in [4.78, 5) is 6.60. The van der Waals surface area contributed by atoms with Crippen molar-refractivity contribution >= 4 is 17.7 Å². The van der Waals surface area contributed by atoms with E-state index in [-0.39, 0.29) is 0 Å². The van der Waals surface area contributed by atoms with Gasteiger partial charge < -0.3 is 15.4 Å². The molecule has 2 rings (SSSR count). The SMILES string of the molecule is COc1ccc(CN=C(N)N2CCSCC2)cc1. The monoisotopic (exact) mass is 265 g/mol. The molecule has 1 heterocycles. The lowest BCUT2D eigenvalue weighted by Gasteiger charge is -2.27. The predicted molar refractivity (Wildman–Crippen MR) is 77.2 cm³/mol. The van der Waals surface area contributed by atoms with Crippen LogP contribution < -0.4 is 10.5 Å². The summed E-state index contributed by atoms with van der Waals surface area (Å²) < 4.78 is 5.12. The molecule has 1 aromatic carbocycles. The Morgan fingerprint density at radius 1 is 1.33 bits per heavy atom. The second-order valence-corrected chi connectivity index (χ2v) is 5.35. The maximum Gasteiger partial charge on any atom is 0.191 e. The quantitative estimate of drug-likeness (QED) is 0.665. The van der Waals surface area contributed by atoms with Gasteiger partial charge in [-0.1, -0.05) is 12.1 Å². The number of thioether (sulfide) groups is 1. The summed E-state index contributed by atoms with van der Waals surface area (Å²) in [5.74, 6) is 3.80. The van der Waals surface area contributed by atoms with Gasteiger partial charge in [-0.05, 0) is 17.7 Å². The Kier molecular flexibility index (Phi) is 4.75. The van der Waals surface area contributed by atoms with Crippen LogP contribution in [-0.2, 0) is 6.54 Å². The summed E-state index contributed by atoms with van der Waals surface area (Å²) in [5.41, 5.74) is 7.14. The Bertz CT molecular complexity index is 399. The molecule has 0 bridgehead atoms. The van der Waals surface area contributed by atoms with E-state index >= 15 is 0 Å². The molecule has 0 spiro atoms. The number of hydrogen-bond donors (Lipinski definition) is 1. The van der Waals surface area contributed by atoms with Crippen molar-refractivity contribution in [3.05, 3.63) is 29.8 Å². The fraction of sp³-hybridized carbons (Fsp3) is 0.462. The van der Waals surface area contributed by atoms with E-state index in [0.29, 0.717) is 12.5 Å². The number of nitrogens with two attached hydrogens (primary N) is 1. The molecular formula is C13H19N3OS. The van der Waals surface area contributed by atoms with Crippen LogP contribution in [0.4, 0.5) is 0 Å². The second-order valence-electron chi connectivity index (χ2n) is 4.12. The number of methoxy groups -OCH3 is 1. The topological polar surface area (TPSA) is 50.9 Å². The average molecular weight is 265 g/mol. The van der Waals surface area contributed by atoms with Crippen LogP contribution in [-0.4, -0.2) is 42.6 Å². The minimum absolute atomic E-state index is 0.624. The van der Waals surface area contributed by atoms with E-state index in [1.807, 2.05) is 36.0 Å². The fourth-order valence-corrected chi connectivity index (χ4v) is 2.70. The van der Waals surface area contributed by atoms with Crippen molar-refractivity contribution in [2.24, 2.45) is 10.7 Å². The molecule has 1 saturated heterocycles. The lowest BCUT2D eigenvalue weighted by molar-refractivity contribution is 0.414. The molecule has 0 aromatic heterocycles. The predicted octanol–water partition coefficient (Wildman–Crippen LogP) is 1.56. The number of nitrogens with zero attached hydrogens (tertiary/aromatic N) is 2. The first-order valence-corrected chi connectivity index (χ1v) is 7.20. The molecule has 0 aliphatic carbocycles. The molecule has 0 saturated carbocycles. The van der Waals surface area contributed by atoms with Gasteiger partial charge in [-0.25, -0.2) is 4.99 Å². The van der Waals surface area contributed by atoms with E-state index < -0.39 is 0 Å². The highest BCUT2D eigenvalue weighted by molar-refractivity contribution is 7.99. The third-order valence-corrected chi connectivity index (χ3v) is 3.86. The standard InChI is InChI=1S/C13H19N3OS/c1-17-12-4-2-11(3-5-12)10-15-13(14)16-6-8-18-9-7-16/h2-5H,6-10H2,1H3,(H2,14,15). The molecule has 5 heteroatoms. The molecule has 98 valence electrons. The van der Waals surface area contributed by atoms with Gasteiger partial charge in [0.25, 0.3) is 0 Å². The maximum atomic E-state index is 5.99. The number of hydrogen-bond acceptors (Lipinski definition) is 3. The Hall–Kier alpha value is -1.36. The highest BCUT2D eigenvalue weighted by Crippen LogP contribution is 2.12. The van der Waals surface area contributed by atoms with Gasteiger partial charge in [-0.15, -0.1) is 0 Å².